The molecule has 1 atom stereocenters. The van der Waals surface area contributed by atoms with Crippen molar-refractivity contribution in [1.29, 1.82) is 0 Å². The molecule has 0 saturated heterocycles. The van der Waals surface area contributed by atoms with E-state index in [4.69, 9.17) is 4.74 Å². The third-order valence-corrected chi connectivity index (χ3v) is 5.11. The summed E-state index contributed by atoms with van der Waals surface area (Å²) in [4.78, 5) is 12.3. The van der Waals surface area contributed by atoms with Crippen LogP contribution >= 0.6 is 23.1 Å². The number of ether oxygens (including phenoxy) is 1. The largest absolute Gasteiger partial charge is 0.480 e. The van der Waals surface area contributed by atoms with E-state index in [1.165, 1.54) is 23.1 Å². The summed E-state index contributed by atoms with van der Waals surface area (Å²) in [5, 5.41) is 11.2. The number of rotatable bonds is 6. The fourth-order valence-corrected chi connectivity index (χ4v) is 3.03. The van der Waals surface area contributed by atoms with Gasteiger partial charge in [0.1, 0.15) is 5.75 Å². The summed E-state index contributed by atoms with van der Waals surface area (Å²) in [6, 6.07) is 5.83. The quantitative estimate of drug-likeness (QED) is 0.643. The molecule has 0 spiro atoms. The van der Waals surface area contributed by atoms with Gasteiger partial charge in [-0.25, -0.2) is 0 Å². The van der Waals surface area contributed by atoms with Gasteiger partial charge in [0.25, 0.3) is 5.91 Å². The first-order chi connectivity index (χ1) is 10.5. The highest BCUT2D eigenvalue weighted by molar-refractivity contribution is 8.00. The molecule has 1 aromatic carbocycles. The van der Waals surface area contributed by atoms with E-state index in [9.17, 15) is 4.79 Å². The number of aromatic nitrogens is 2. The number of carbonyl (C=O) groups is 1. The van der Waals surface area contributed by atoms with E-state index in [0.29, 0.717) is 11.6 Å². The minimum absolute atomic E-state index is 0.202. The smallest absolute Gasteiger partial charge is 0.267 e. The van der Waals surface area contributed by atoms with Crippen LogP contribution in [0.2, 0.25) is 0 Å². The van der Waals surface area contributed by atoms with Gasteiger partial charge >= 0.3 is 0 Å². The van der Waals surface area contributed by atoms with Crippen LogP contribution in [0.15, 0.2) is 22.5 Å². The Bertz CT molecular complexity index is 658. The van der Waals surface area contributed by atoms with Crippen molar-refractivity contribution in [3.63, 3.8) is 0 Å². The highest BCUT2D eigenvalue weighted by Crippen LogP contribution is 2.25. The first-order valence-corrected chi connectivity index (χ1v) is 9.00. The van der Waals surface area contributed by atoms with E-state index in [1.807, 2.05) is 45.2 Å². The molecule has 0 aliphatic heterocycles. The van der Waals surface area contributed by atoms with Gasteiger partial charge < -0.3 is 4.74 Å². The first kappa shape index (κ1) is 16.8. The summed E-state index contributed by atoms with van der Waals surface area (Å²) in [6.45, 7) is 5.93. The van der Waals surface area contributed by atoms with Crippen LogP contribution < -0.4 is 10.1 Å². The monoisotopic (exact) mass is 337 g/mol. The van der Waals surface area contributed by atoms with Crippen molar-refractivity contribution in [2.24, 2.45) is 0 Å². The van der Waals surface area contributed by atoms with E-state index < -0.39 is 6.10 Å². The van der Waals surface area contributed by atoms with Crippen LogP contribution in [-0.4, -0.2) is 28.5 Å². The Kier molecular flexibility index (Phi) is 5.79. The third kappa shape index (κ3) is 3.98. The van der Waals surface area contributed by atoms with E-state index in [-0.39, 0.29) is 5.91 Å². The number of benzene rings is 1. The Labute approximate surface area is 138 Å². The predicted molar refractivity (Wildman–Crippen MR) is 90.9 cm³/mol. The SMILES string of the molecule is CC[C@H](Oc1cccc(C)c1C)C(=O)Nc1nnc(SC)s1. The highest BCUT2D eigenvalue weighted by Gasteiger charge is 2.21. The molecule has 2 aromatic rings. The van der Waals surface area contributed by atoms with Crippen LogP contribution in [0.25, 0.3) is 0 Å². The Morgan fingerprint density at radius 2 is 2.18 bits per heavy atom. The van der Waals surface area contributed by atoms with Gasteiger partial charge in [-0.15, -0.1) is 10.2 Å². The maximum absolute atomic E-state index is 12.3. The molecule has 0 unspecified atom stereocenters. The zero-order valence-electron chi connectivity index (χ0n) is 13.0. The molecule has 2 rings (SSSR count). The Morgan fingerprint density at radius 1 is 1.41 bits per heavy atom. The molecule has 0 saturated carbocycles. The first-order valence-electron chi connectivity index (χ1n) is 6.96. The summed E-state index contributed by atoms with van der Waals surface area (Å²) in [7, 11) is 0. The van der Waals surface area contributed by atoms with Gasteiger partial charge in [-0.3, -0.25) is 10.1 Å². The van der Waals surface area contributed by atoms with E-state index >= 15 is 0 Å². The number of hydrogen-bond donors (Lipinski definition) is 1. The molecule has 1 amide bonds. The van der Waals surface area contributed by atoms with Gasteiger partial charge in [0, 0.05) is 0 Å². The number of amides is 1. The molecule has 118 valence electrons. The maximum Gasteiger partial charge on any atom is 0.267 e. The maximum atomic E-state index is 12.3. The normalized spacial score (nSPS) is 12.0. The van der Waals surface area contributed by atoms with Gasteiger partial charge in [-0.05, 0) is 43.7 Å². The van der Waals surface area contributed by atoms with Crippen molar-refractivity contribution in [1.82, 2.24) is 10.2 Å². The predicted octanol–water partition coefficient (Wildman–Crippen LogP) is 3.67. The Morgan fingerprint density at radius 3 is 2.82 bits per heavy atom. The molecule has 0 bridgehead atoms. The number of carbonyl (C=O) groups excluding carboxylic acids is 1. The van der Waals surface area contributed by atoms with Crippen LogP contribution in [0.3, 0.4) is 0 Å². The van der Waals surface area contributed by atoms with Gasteiger partial charge in [-0.2, -0.15) is 0 Å². The second-order valence-corrected chi connectivity index (χ2v) is 6.81. The van der Waals surface area contributed by atoms with Crippen LogP contribution in [0.4, 0.5) is 5.13 Å². The van der Waals surface area contributed by atoms with E-state index in [1.54, 1.807) is 0 Å². The zero-order valence-corrected chi connectivity index (χ0v) is 14.7. The van der Waals surface area contributed by atoms with Crippen molar-refractivity contribution < 1.29 is 9.53 Å². The van der Waals surface area contributed by atoms with Crippen molar-refractivity contribution in [3.05, 3.63) is 29.3 Å². The summed E-state index contributed by atoms with van der Waals surface area (Å²) in [5.74, 6) is 0.538. The van der Waals surface area contributed by atoms with Crippen molar-refractivity contribution in [2.75, 3.05) is 11.6 Å². The average Bonchev–Trinajstić information content (AvgIpc) is 2.96. The molecule has 22 heavy (non-hydrogen) atoms. The van der Waals surface area contributed by atoms with Crippen molar-refractivity contribution in [3.8, 4) is 5.75 Å². The van der Waals surface area contributed by atoms with Crippen LogP contribution in [0.5, 0.6) is 5.75 Å². The molecule has 1 N–H and O–H groups in total. The fraction of sp³-hybridized carbons (Fsp3) is 0.400. The number of anilines is 1. The van der Waals surface area contributed by atoms with E-state index in [0.717, 1.165) is 21.2 Å². The lowest BCUT2D eigenvalue weighted by Crippen LogP contribution is -2.32. The topological polar surface area (TPSA) is 64.1 Å². The minimum Gasteiger partial charge on any atom is -0.480 e. The molecule has 1 heterocycles. The lowest BCUT2D eigenvalue weighted by Gasteiger charge is -2.18. The number of thioether (sulfide) groups is 1. The lowest BCUT2D eigenvalue weighted by molar-refractivity contribution is -0.122. The fourth-order valence-electron chi connectivity index (χ4n) is 1.86. The summed E-state index contributed by atoms with van der Waals surface area (Å²) in [5.41, 5.74) is 2.19. The van der Waals surface area contributed by atoms with Gasteiger partial charge in [-0.1, -0.05) is 42.2 Å². The lowest BCUT2D eigenvalue weighted by atomic mass is 10.1. The Balaban J connectivity index is 2.07. The van der Waals surface area contributed by atoms with Gasteiger partial charge in [0.2, 0.25) is 5.13 Å². The Hall–Kier alpha value is -1.60. The van der Waals surface area contributed by atoms with Gasteiger partial charge in [0.15, 0.2) is 10.4 Å². The molecule has 0 aliphatic carbocycles. The number of hydrogen-bond acceptors (Lipinski definition) is 6. The van der Waals surface area contributed by atoms with Crippen LogP contribution in [0, 0.1) is 13.8 Å². The molecule has 5 nitrogen and oxygen atoms in total. The number of nitrogens with zero attached hydrogens (tertiary/aromatic N) is 2. The molecule has 1 aromatic heterocycles. The molecule has 0 fully saturated rings. The molecular weight excluding hydrogens is 318 g/mol. The standard InChI is InChI=1S/C15H19N3O2S2/c1-5-11(20-12-8-6-7-9(2)10(12)3)13(19)16-14-17-18-15(21-4)22-14/h6-8,11H,5H2,1-4H3,(H,16,17,19)/t11-/m0/s1. The van der Waals surface area contributed by atoms with Crippen molar-refractivity contribution >= 4 is 34.1 Å². The summed E-state index contributed by atoms with van der Waals surface area (Å²) in [6.07, 6.45) is 1.94. The van der Waals surface area contributed by atoms with Crippen molar-refractivity contribution in [2.45, 2.75) is 37.6 Å². The molecular formula is C15H19N3O2S2. The molecule has 0 aliphatic rings. The second kappa shape index (κ2) is 7.60. The van der Waals surface area contributed by atoms with Crippen LogP contribution in [-0.2, 0) is 4.79 Å². The molecule has 7 heteroatoms. The second-order valence-electron chi connectivity index (χ2n) is 4.78. The zero-order chi connectivity index (χ0) is 16.1. The summed E-state index contributed by atoms with van der Waals surface area (Å²) < 4.78 is 6.70. The minimum atomic E-state index is -0.554. The number of nitrogens with one attached hydrogen (secondary N) is 1. The number of aryl methyl sites for hydroxylation is 1. The van der Waals surface area contributed by atoms with E-state index in [2.05, 4.69) is 15.5 Å². The third-order valence-electron chi connectivity index (χ3n) is 3.30. The average molecular weight is 337 g/mol. The molecule has 0 radical (unpaired) electrons. The summed E-state index contributed by atoms with van der Waals surface area (Å²) >= 11 is 2.85. The van der Waals surface area contributed by atoms with Crippen LogP contribution in [0.1, 0.15) is 24.5 Å². The highest BCUT2D eigenvalue weighted by atomic mass is 32.2. The van der Waals surface area contributed by atoms with Gasteiger partial charge in [0.05, 0.1) is 0 Å².